The minimum Gasteiger partial charge on any atom is -0.449 e. The van der Waals surface area contributed by atoms with Crippen molar-refractivity contribution < 1.29 is 36.7 Å². The lowest BCUT2D eigenvalue weighted by Crippen LogP contribution is -2.45. The van der Waals surface area contributed by atoms with Crippen LogP contribution in [0.25, 0.3) is 33.0 Å². The molecule has 5 heterocycles. The first kappa shape index (κ1) is 35.1. The highest BCUT2D eigenvalue weighted by Gasteiger charge is 2.42. The number of alkyl halides is 2. The summed E-state index contributed by atoms with van der Waals surface area (Å²) in [6, 6.07) is 8.27. The molecule has 2 aliphatic heterocycles. The Bertz CT molecular complexity index is 2200. The van der Waals surface area contributed by atoms with Crippen molar-refractivity contribution in [2.75, 3.05) is 18.4 Å². The Kier molecular flexibility index (Phi) is 9.50. The second-order valence-electron chi connectivity index (χ2n) is 12.9. The Labute approximate surface area is 292 Å². The van der Waals surface area contributed by atoms with Crippen LogP contribution in [0.5, 0.6) is 0 Å². The predicted molar refractivity (Wildman–Crippen MR) is 182 cm³/mol. The zero-order valence-corrected chi connectivity index (χ0v) is 28.5. The molecule has 2 aromatic carbocycles. The third kappa shape index (κ3) is 7.25. The highest BCUT2D eigenvalue weighted by molar-refractivity contribution is 6.32. The number of H-pyrrole nitrogens is 1. The SMILES string of the molecule is CC(C)(C)OC(=O)N1C[C@@H](F)C[C@H]1C(=O)Nc1c(C(N)=O)oc2ccc(Cl)cc12.O=c1[nH]c([C@@H]2C[C@H](F)CN2)nc2c1oc1ccc(Cl)cc12. The second kappa shape index (κ2) is 13.5. The molecule has 2 aliphatic rings. The van der Waals surface area contributed by atoms with E-state index in [1.54, 1.807) is 45.0 Å². The maximum absolute atomic E-state index is 14.0. The summed E-state index contributed by atoms with van der Waals surface area (Å²) in [5.74, 6) is -1.43. The number of aromatic nitrogens is 2. The van der Waals surface area contributed by atoms with Gasteiger partial charge >= 0.3 is 6.09 Å². The third-order valence-electron chi connectivity index (χ3n) is 8.01. The van der Waals surface area contributed by atoms with Gasteiger partial charge in [-0.1, -0.05) is 23.2 Å². The van der Waals surface area contributed by atoms with Gasteiger partial charge < -0.3 is 34.9 Å². The number of amides is 3. The van der Waals surface area contributed by atoms with E-state index in [-0.39, 0.29) is 53.7 Å². The fourth-order valence-corrected chi connectivity index (χ4v) is 6.18. The second-order valence-corrected chi connectivity index (χ2v) is 13.8. The van der Waals surface area contributed by atoms with E-state index in [1.807, 2.05) is 0 Å². The first-order valence-electron chi connectivity index (χ1n) is 15.5. The normalized spacial score (nSPS) is 20.7. The number of aromatic amines is 1. The smallest absolute Gasteiger partial charge is 0.411 e. The van der Waals surface area contributed by atoms with Crippen molar-refractivity contribution >= 4 is 79.8 Å². The van der Waals surface area contributed by atoms with E-state index in [2.05, 4.69) is 20.6 Å². The van der Waals surface area contributed by atoms with E-state index in [4.69, 9.17) is 42.5 Å². The Morgan fingerprint density at radius 2 is 1.68 bits per heavy atom. The molecule has 5 aromatic rings. The van der Waals surface area contributed by atoms with Crippen molar-refractivity contribution in [3.05, 3.63) is 68.4 Å². The monoisotopic (exact) mass is 732 g/mol. The first-order chi connectivity index (χ1) is 23.6. The largest absolute Gasteiger partial charge is 0.449 e. The fourth-order valence-electron chi connectivity index (χ4n) is 5.84. The van der Waals surface area contributed by atoms with E-state index in [0.29, 0.717) is 44.2 Å². The van der Waals surface area contributed by atoms with E-state index in [1.165, 1.54) is 12.1 Å². The van der Waals surface area contributed by atoms with Gasteiger partial charge in [-0.3, -0.25) is 19.3 Å². The topological polar surface area (TPSA) is 186 Å². The molecule has 5 N–H and O–H groups in total. The van der Waals surface area contributed by atoms with Crippen LogP contribution in [0, 0.1) is 0 Å². The standard InChI is InChI=1S/C19H21ClFN3O5.C14H11ClFN3O2/c1-19(2,3)29-18(27)24-8-10(21)7-12(24)17(26)23-14-11-6-9(20)4-5-13(11)28-15(14)16(22)25;15-6-1-2-10-8(3-6)11-12(21-10)14(20)19-13(18-11)9-4-7(16)5-17-9/h4-6,10,12H,7-8H2,1-3H3,(H2,22,25)(H,23,26);1-3,7,9,17H,4-5H2,(H,18,19,20)/t10-,12-;7-,9-/m00/s1. The maximum atomic E-state index is 14.0. The summed E-state index contributed by atoms with van der Waals surface area (Å²) in [5.41, 5.74) is 5.65. The zero-order chi connectivity index (χ0) is 36.1. The van der Waals surface area contributed by atoms with E-state index >= 15 is 0 Å². The molecular formula is C33H32Cl2F2N6O7. The van der Waals surface area contributed by atoms with Gasteiger partial charge in [0.1, 0.15) is 52.2 Å². The van der Waals surface area contributed by atoms with E-state index < -0.39 is 41.9 Å². The molecule has 2 saturated heterocycles. The van der Waals surface area contributed by atoms with Gasteiger partial charge in [0.15, 0.2) is 0 Å². The van der Waals surface area contributed by atoms with Crippen LogP contribution in [0.4, 0.5) is 19.3 Å². The average Bonchev–Trinajstić information content (AvgIpc) is 3.81. The van der Waals surface area contributed by atoms with Crippen molar-refractivity contribution in [3.8, 4) is 0 Å². The molecule has 4 atom stereocenters. The minimum absolute atomic E-state index is 0.0199. The number of hydrogen-bond acceptors (Lipinski definition) is 9. The number of fused-ring (bicyclic) bond motifs is 4. The number of carbonyl (C=O) groups excluding carboxylic acids is 3. The number of benzene rings is 2. The quantitative estimate of drug-likeness (QED) is 0.168. The number of nitrogens with one attached hydrogen (secondary N) is 3. The van der Waals surface area contributed by atoms with E-state index in [9.17, 15) is 28.0 Å². The van der Waals surface area contributed by atoms with Crippen molar-refractivity contribution in [1.82, 2.24) is 20.2 Å². The molecule has 7 rings (SSSR count). The summed E-state index contributed by atoms with van der Waals surface area (Å²) >= 11 is 12.0. The zero-order valence-electron chi connectivity index (χ0n) is 26.9. The van der Waals surface area contributed by atoms with Crippen LogP contribution >= 0.6 is 23.2 Å². The summed E-state index contributed by atoms with van der Waals surface area (Å²) in [6.45, 7) is 5.01. The van der Waals surface area contributed by atoms with Crippen LogP contribution in [0.2, 0.25) is 10.0 Å². The van der Waals surface area contributed by atoms with Gasteiger partial charge in [0.25, 0.3) is 11.5 Å². The van der Waals surface area contributed by atoms with Crippen LogP contribution in [0.3, 0.4) is 0 Å². The average molecular weight is 734 g/mol. The number of primary amides is 1. The molecule has 2 fully saturated rings. The Morgan fingerprint density at radius 3 is 2.30 bits per heavy atom. The number of anilines is 1. The molecule has 17 heteroatoms. The third-order valence-corrected chi connectivity index (χ3v) is 8.48. The van der Waals surface area contributed by atoms with Gasteiger partial charge in [-0.05, 0) is 57.2 Å². The van der Waals surface area contributed by atoms with Gasteiger partial charge in [0.2, 0.25) is 17.3 Å². The molecular weight excluding hydrogens is 701 g/mol. The summed E-state index contributed by atoms with van der Waals surface area (Å²) in [5, 5.41) is 7.48. The molecule has 0 radical (unpaired) electrons. The van der Waals surface area contributed by atoms with Crippen molar-refractivity contribution in [2.24, 2.45) is 5.73 Å². The number of furan rings is 2. The number of hydrogen-bond donors (Lipinski definition) is 4. The number of ether oxygens (including phenoxy) is 1. The highest BCUT2D eigenvalue weighted by Crippen LogP contribution is 2.34. The van der Waals surface area contributed by atoms with Crippen LogP contribution in [0.1, 0.15) is 56.0 Å². The molecule has 3 aromatic heterocycles. The molecule has 50 heavy (non-hydrogen) atoms. The van der Waals surface area contributed by atoms with Crippen LogP contribution in [-0.2, 0) is 9.53 Å². The summed E-state index contributed by atoms with van der Waals surface area (Å²) in [6.07, 6.45) is -3.01. The Morgan fingerprint density at radius 1 is 1.02 bits per heavy atom. The summed E-state index contributed by atoms with van der Waals surface area (Å²) in [7, 11) is 0. The Hall–Kier alpha value is -4.73. The van der Waals surface area contributed by atoms with Gasteiger partial charge in [0, 0.05) is 40.2 Å². The molecule has 0 unspecified atom stereocenters. The lowest BCUT2D eigenvalue weighted by Gasteiger charge is -2.27. The lowest BCUT2D eigenvalue weighted by atomic mass is 10.1. The highest BCUT2D eigenvalue weighted by atomic mass is 35.5. The van der Waals surface area contributed by atoms with Crippen molar-refractivity contribution in [3.63, 3.8) is 0 Å². The maximum Gasteiger partial charge on any atom is 0.411 e. The van der Waals surface area contributed by atoms with Crippen LogP contribution in [-0.4, -0.2) is 69.9 Å². The number of likely N-dealkylation sites (tertiary alicyclic amines) is 1. The number of carbonyl (C=O) groups is 3. The molecule has 0 aliphatic carbocycles. The first-order valence-corrected chi connectivity index (χ1v) is 16.3. The molecule has 0 bridgehead atoms. The van der Waals surface area contributed by atoms with Crippen LogP contribution in [0.15, 0.2) is 50.0 Å². The van der Waals surface area contributed by atoms with Gasteiger partial charge in [-0.15, -0.1) is 0 Å². The fraction of sp³-hybridized carbons (Fsp3) is 0.364. The minimum atomic E-state index is -1.38. The number of rotatable bonds is 4. The summed E-state index contributed by atoms with van der Waals surface area (Å²) in [4.78, 5) is 57.3. The van der Waals surface area contributed by atoms with Crippen LogP contribution < -0.4 is 21.9 Å². The predicted octanol–water partition coefficient (Wildman–Crippen LogP) is 6.17. The Balaban J connectivity index is 0.000000181. The van der Waals surface area contributed by atoms with Gasteiger partial charge in [0.05, 0.1) is 12.6 Å². The van der Waals surface area contributed by atoms with E-state index in [0.717, 1.165) is 4.90 Å². The number of halogens is 4. The van der Waals surface area contributed by atoms with Gasteiger partial charge in [-0.25, -0.2) is 18.6 Å². The number of nitrogens with two attached hydrogens (primary N) is 1. The molecule has 13 nitrogen and oxygen atoms in total. The lowest BCUT2D eigenvalue weighted by molar-refractivity contribution is -0.120. The van der Waals surface area contributed by atoms with Crippen molar-refractivity contribution in [2.45, 2.75) is 63.6 Å². The molecule has 3 amide bonds. The van der Waals surface area contributed by atoms with Gasteiger partial charge in [-0.2, -0.15) is 0 Å². The molecule has 0 spiro atoms. The summed E-state index contributed by atoms with van der Waals surface area (Å²) < 4.78 is 43.5. The van der Waals surface area contributed by atoms with Crippen molar-refractivity contribution in [1.29, 1.82) is 0 Å². The molecule has 264 valence electrons. The molecule has 0 saturated carbocycles. The number of nitrogens with zero attached hydrogens (tertiary/aromatic N) is 2.